The van der Waals surface area contributed by atoms with Crippen LogP contribution in [0.25, 0.3) is 0 Å². The van der Waals surface area contributed by atoms with Crippen LogP contribution in [0.3, 0.4) is 0 Å². The lowest BCUT2D eigenvalue weighted by atomic mass is 10.2. The monoisotopic (exact) mass is 317 g/mol. The molecule has 0 spiro atoms. The smallest absolute Gasteiger partial charge is 0.407 e. The third-order valence-corrected chi connectivity index (χ3v) is 2.33. The second-order valence-corrected chi connectivity index (χ2v) is 7.33. The number of amides is 1. The molecule has 0 rings (SSSR count). The summed E-state index contributed by atoms with van der Waals surface area (Å²) in [6, 6.07) is -0.0139. The minimum Gasteiger partial charge on any atom is -0.458 e. The fourth-order valence-corrected chi connectivity index (χ4v) is 1.60. The zero-order valence-corrected chi connectivity index (χ0v) is 14.9. The largest absolute Gasteiger partial charge is 0.458 e. The minimum absolute atomic E-state index is 0.0139. The standard InChI is InChI=1S/C16H31NO5/c1-12(17-14(19)22-16(5,6)7)9-8-10-20-11-13(18)21-15(2,3)4/h12H,8-11H2,1-7H3,(H,17,19)/t12-/m0/s1. The van der Waals surface area contributed by atoms with Crippen LogP contribution in [0.15, 0.2) is 0 Å². The highest BCUT2D eigenvalue weighted by Crippen LogP contribution is 2.08. The van der Waals surface area contributed by atoms with Crippen LogP contribution < -0.4 is 5.32 Å². The van der Waals surface area contributed by atoms with Gasteiger partial charge in [-0.1, -0.05) is 0 Å². The van der Waals surface area contributed by atoms with Gasteiger partial charge < -0.3 is 19.5 Å². The van der Waals surface area contributed by atoms with Gasteiger partial charge in [0.15, 0.2) is 0 Å². The van der Waals surface area contributed by atoms with Crippen molar-refractivity contribution in [3.8, 4) is 0 Å². The third-order valence-electron chi connectivity index (χ3n) is 2.33. The topological polar surface area (TPSA) is 73.9 Å². The van der Waals surface area contributed by atoms with Crippen LogP contribution >= 0.6 is 0 Å². The maximum Gasteiger partial charge on any atom is 0.407 e. The van der Waals surface area contributed by atoms with E-state index >= 15 is 0 Å². The zero-order chi connectivity index (χ0) is 17.4. The predicted molar refractivity (Wildman–Crippen MR) is 84.7 cm³/mol. The number of alkyl carbamates (subject to hydrolysis) is 1. The van der Waals surface area contributed by atoms with Gasteiger partial charge in [0, 0.05) is 12.6 Å². The van der Waals surface area contributed by atoms with E-state index in [9.17, 15) is 9.59 Å². The van der Waals surface area contributed by atoms with E-state index in [0.29, 0.717) is 6.61 Å². The van der Waals surface area contributed by atoms with E-state index in [4.69, 9.17) is 14.2 Å². The summed E-state index contributed by atoms with van der Waals surface area (Å²) >= 11 is 0. The van der Waals surface area contributed by atoms with Gasteiger partial charge in [-0.15, -0.1) is 0 Å². The highest BCUT2D eigenvalue weighted by atomic mass is 16.6. The predicted octanol–water partition coefficient (Wildman–Crippen LogP) is 3.04. The van der Waals surface area contributed by atoms with Crippen molar-refractivity contribution in [2.24, 2.45) is 0 Å². The van der Waals surface area contributed by atoms with Gasteiger partial charge in [-0.2, -0.15) is 0 Å². The molecular weight excluding hydrogens is 286 g/mol. The van der Waals surface area contributed by atoms with Crippen molar-refractivity contribution < 1.29 is 23.8 Å². The molecule has 1 atom stereocenters. The molecule has 0 fully saturated rings. The van der Waals surface area contributed by atoms with Gasteiger partial charge >= 0.3 is 12.1 Å². The minimum atomic E-state index is -0.500. The van der Waals surface area contributed by atoms with Gasteiger partial charge in [-0.25, -0.2) is 9.59 Å². The Morgan fingerprint density at radius 3 is 2.05 bits per heavy atom. The highest BCUT2D eigenvalue weighted by molar-refractivity contribution is 5.71. The summed E-state index contributed by atoms with van der Waals surface area (Å²) in [4.78, 5) is 23.0. The highest BCUT2D eigenvalue weighted by Gasteiger charge is 2.18. The Morgan fingerprint density at radius 2 is 1.55 bits per heavy atom. The van der Waals surface area contributed by atoms with Crippen molar-refractivity contribution >= 4 is 12.1 Å². The van der Waals surface area contributed by atoms with Crippen molar-refractivity contribution in [3.05, 3.63) is 0 Å². The SMILES string of the molecule is C[C@@H](CCCOCC(=O)OC(C)(C)C)NC(=O)OC(C)(C)C. The average molecular weight is 317 g/mol. The summed E-state index contributed by atoms with van der Waals surface area (Å²) in [7, 11) is 0. The molecule has 0 radical (unpaired) electrons. The Kier molecular flexibility index (Phi) is 8.45. The maximum absolute atomic E-state index is 11.6. The number of ether oxygens (including phenoxy) is 3. The first-order chi connectivity index (χ1) is 9.89. The van der Waals surface area contributed by atoms with Crippen LogP contribution in [0, 0.1) is 0 Å². The normalized spacial score (nSPS) is 13.4. The Balaban J connectivity index is 3.71. The molecular formula is C16H31NO5. The first-order valence-corrected chi connectivity index (χ1v) is 7.68. The first kappa shape index (κ1) is 20.7. The molecule has 0 saturated carbocycles. The lowest BCUT2D eigenvalue weighted by Gasteiger charge is -2.22. The molecule has 130 valence electrons. The van der Waals surface area contributed by atoms with E-state index in [2.05, 4.69) is 5.32 Å². The van der Waals surface area contributed by atoms with Crippen LogP contribution in [-0.4, -0.2) is 42.5 Å². The number of carbonyl (C=O) groups excluding carboxylic acids is 2. The molecule has 0 heterocycles. The fourth-order valence-electron chi connectivity index (χ4n) is 1.60. The van der Waals surface area contributed by atoms with Crippen molar-refractivity contribution in [1.29, 1.82) is 0 Å². The Morgan fingerprint density at radius 1 is 1.00 bits per heavy atom. The van der Waals surface area contributed by atoms with Gasteiger partial charge in [0.2, 0.25) is 0 Å². The van der Waals surface area contributed by atoms with Crippen LogP contribution in [-0.2, 0) is 19.0 Å². The Hall–Kier alpha value is -1.30. The second kappa shape index (κ2) is 8.98. The summed E-state index contributed by atoms with van der Waals surface area (Å²) < 4.78 is 15.6. The van der Waals surface area contributed by atoms with Crippen LogP contribution in [0.1, 0.15) is 61.3 Å². The molecule has 0 aromatic heterocycles. The number of hydrogen-bond donors (Lipinski definition) is 1. The molecule has 6 nitrogen and oxygen atoms in total. The number of hydrogen-bond acceptors (Lipinski definition) is 5. The van der Waals surface area contributed by atoms with E-state index in [-0.39, 0.29) is 18.6 Å². The molecule has 0 aromatic rings. The van der Waals surface area contributed by atoms with E-state index in [1.165, 1.54) is 0 Å². The summed E-state index contributed by atoms with van der Waals surface area (Å²) in [5.74, 6) is -0.368. The number of nitrogens with one attached hydrogen (secondary N) is 1. The molecule has 0 aliphatic rings. The quantitative estimate of drug-likeness (QED) is 0.577. The average Bonchev–Trinajstić information content (AvgIpc) is 2.22. The van der Waals surface area contributed by atoms with Crippen LogP contribution in [0.4, 0.5) is 4.79 Å². The van der Waals surface area contributed by atoms with E-state index < -0.39 is 17.3 Å². The van der Waals surface area contributed by atoms with Crippen molar-refractivity contribution in [1.82, 2.24) is 5.32 Å². The molecule has 1 amide bonds. The lowest BCUT2D eigenvalue weighted by molar-refractivity contribution is -0.160. The molecule has 1 N–H and O–H groups in total. The summed E-state index contributed by atoms with van der Waals surface area (Å²) in [6.45, 7) is 13.2. The molecule has 6 heteroatoms. The number of carbonyl (C=O) groups is 2. The molecule has 22 heavy (non-hydrogen) atoms. The third kappa shape index (κ3) is 13.7. The van der Waals surface area contributed by atoms with E-state index in [1.807, 2.05) is 48.5 Å². The molecule has 0 saturated heterocycles. The van der Waals surface area contributed by atoms with Crippen LogP contribution in [0.5, 0.6) is 0 Å². The maximum atomic E-state index is 11.6. The van der Waals surface area contributed by atoms with Gasteiger partial charge in [-0.3, -0.25) is 0 Å². The van der Waals surface area contributed by atoms with Gasteiger partial charge in [0.05, 0.1) is 0 Å². The number of esters is 1. The molecule has 0 unspecified atom stereocenters. The fraction of sp³-hybridized carbons (Fsp3) is 0.875. The Labute approximate surface area is 133 Å². The van der Waals surface area contributed by atoms with Gasteiger partial charge in [-0.05, 0) is 61.3 Å². The first-order valence-electron chi connectivity index (χ1n) is 7.68. The van der Waals surface area contributed by atoms with Gasteiger partial charge in [0.1, 0.15) is 17.8 Å². The van der Waals surface area contributed by atoms with Crippen molar-refractivity contribution in [2.75, 3.05) is 13.2 Å². The lowest BCUT2D eigenvalue weighted by Crippen LogP contribution is -2.37. The molecule has 0 aliphatic heterocycles. The molecule has 0 aromatic carbocycles. The summed E-state index contributed by atoms with van der Waals surface area (Å²) in [5.41, 5.74) is -0.993. The Bertz CT molecular complexity index is 355. The molecule has 0 bridgehead atoms. The van der Waals surface area contributed by atoms with Crippen molar-refractivity contribution in [2.45, 2.75) is 78.6 Å². The molecule has 0 aliphatic carbocycles. The van der Waals surface area contributed by atoms with E-state index in [0.717, 1.165) is 12.8 Å². The summed E-state index contributed by atoms with van der Waals surface area (Å²) in [5, 5.41) is 2.76. The second-order valence-electron chi connectivity index (χ2n) is 7.33. The van der Waals surface area contributed by atoms with Gasteiger partial charge in [0.25, 0.3) is 0 Å². The van der Waals surface area contributed by atoms with Crippen molar-refractivity contribution in [3.63, 3.8) is 0 Å². The van der Waals surface area contributed by atoms with Crippen LogP contribution in [0.2, 0.25) is 0 Å². The summed E-state index contributed by atoms with van der Waals surface area (Å²) in [6.07, 6.45) is 1.06. The zero-order valence-electron chi connectivity index (χ0n) is 14.9. The number of rotatable bonds is 7. The van der Waals surface area contributed by atoms with E-state index in [1.54, 1.807) is 0 Å².